The van der Waals surface area contributed by atoms with Gasteiger partial charge in [0.15, 0.2) is 0 Å². The van der Waals surface area contributed by atoms with Gasteiger partial charge < -0.3 is 10.3 Å². The Morgan fingerprint density at radius 2 is 2.09 bits per heavy atom. The number of hydrogen-bond donors (Lipinski definition) is 1. The van der Waals surface area contributed by atoms with E-state index < -0.39 is 7.14 Å². The standard InChI is InChI=1S/C8H20NOP/c1-4-5-8(2)6-11(3,10)7-9/h8H,4-7,9H2,1-3H3. The van der Waals surface area contributed by atoms with Gasteiger partial charge in [-0.3, -0.25) is 0 Å². The Kier molecular flexibility index (Phi) is 5.03. The molecule has 0 saturated carbocycles. The smallest absolute Gasteiger partial charge is 0.0979 e. The van der Waals surface area contributed by atoms with Gasteiger partial charge in [0.05, 0.1) is 7.14 Å². The summed E-state index contributed by atoms with van der Waals surface area (Å²) in [5.41, 5.74) is 5.39. The zero-order valence-electron chi connectivity index (χ0n) is 7.84. The topological polar surface area (TPSA) is 43.1 Å². The van der Waals surface area contributed by atoms with Crippen LogP contribution in [0.3, 0.4) is 0 Å². The molecule has 0 aromatic carbocycles. The van der Waals surface area contributed by atoms with E-state index in [0.717, 1.165) is 12.6 Å². The van der Waals surface area contributed by atoms with Gasteiger partial charge >= 0.3 is 0 Å². The Morgan fingerprint density at radius 3 is 2.45 bits per heavy atom. The number of nitrogens with two attached hydrogens (primary N) is 1. The Hall–Kier alpha value is 0.190. The summed E-state index contributed by atoms with van der Waals surface area (Å²) in [7, 11) is -1.98. The lowest BCUT2D eigenvalue weighted by atomic mass is 10.1. The molecule has 0 aromatic rings. The Bertz CT molecular complexity index is 147. The Balaban J connectivity index is 3.74. The number of rotatable bonds is 5. The van der Waals surface area contributed by atoms with Crippen molar-refractivity contribution in [2.75, 3.05) is 19.1 Å². The molecule has 0 aliphatic carbocycles. The molecule has 0 saturated heterocycles. The van der Waals surface area contributed by atoms with Gasteiger partial charge in [-0.2, -0.15) is 0 Å². The van der Waals surface area contributed by atoms with Crippen LogP contribution in [-0.2, 0) is 4.57 Å². The lowest BCUT2D eigenvalue weighted by Gasteiger charge is -2.15. The average molecular weight is 177 g/mol. The largest absolute Gasteiger partial charge is 0.324 e. The van der Waals surface area contributed by atoms with E-state index in [1.165, 1.54) is 6.42 Å². The quantitative estimate of drug-likeness (QED) is 0.655. The third-order valence-corrected chi connectivity index (χ3v) is 4.03. The van der Waals surface area contributed by atoms with Crippen molar-refractivity contribution < 1.29 is 4.57 Å². The fraction of sp³-hybridized carbons (Fsp3) is 1.00. The van der Waals surface area contributed by atoms with E-state index in [1.807, 2.05) is 0 Å². The maximum atomic E-state index is 11.5. The lowest BCUT2D eigenvalue weighted by molar-refractivity contribution is 0.542. The predicted octanol–water partition coefficient (Wildman–Crippen LogP) is 2.33. The van der Waals surface area contributed by atoms with Gasteiger partial charge in [0.1, 0.15) is 0 Å². The third kappa shape index (κ3) is 5.46. The van der Waals surface area contributed by atoms with Crippen LogP contribution in [0.4, 0.5) is 0 Å². The first-order valence-corrected chi connectivity index (χ1v) is 6.80. The summed E-state index contributed by atoms with van der Waals surface area (Å²) in [6, 6.07) is 0. The molecule has 2 atom stereocenters. The van der Waals surface area contributed by atoms with Crippen LogP contribution in [0.5, 0.6) is 0 Å². The SMILES string of the molecule is CCCC(C)CP(C)(=O)CN. The van der Waals surface area contributed by atoms with Crippen LogP contribution in [0.1, 0.15) is 26.7 Å². The monoisotopic (exact) mass is 177 g/mol. The van der Waals surface area contributed by atoms with E-state index in [-0.39, 0.29) is 0 Å². The molecule has 68 valence electrons. The normalized spacial score (nSPS) is 19.3. The second-order valence-corrected chi connectivity index (χ2v) is 6.88. The van der Waals surface area contributed by atoms with Crippen LogP contribution >= 0.6 is 7.14 Å². The summed E-state index contributed by atoms with van der Waals surface area (Å²) in [6.45, 7) is 6.11. The molecule has 0 bridgehead atoms. The summed E-state index contributed by atoms with van der Waals surface area (Å²) in [5, 5.41) is 0. The van der Waals surface area contributed by atoms with Crippen LogP contribution in [0.25, 0.3) is 0 Å². The molecule has 11 heavy (non-hydrogen) atoms. The summed E-state index contributed by atoms with van der Waals surface area (Å²) < 4.78 is 11.5. The third-order valence-electron chi connectivity index (χ3n) is 1.87. The van der Waals surface area contributed by atoms with Gasteiger partial charge in [0.25, 0.3) is 0 Å². The van der Waals surface area contributed by atoms with Crippen molar-refractivity contribution in [3.63, 3.8) is 0 Å². The second kappa shape index (κ2) is 4.95. The minimum atomic E-state index is -1.98. The highest BCUT2D eigenvalue weighted by atomic mass is 31.2. The Labute approximate surface area is 69.9 Å². The van der Waals surface area contributed by atoms with E-state index in [1.54, 1.807) is 6.66 Å². The first-order valence-electron chi connectivity index (χ1n) is 4.27. The molecule has 2 N–H and O–H groups in total. The maximum absolute atomic E-state index is 11.5. The molecule has 3 heteroatoms. The van der Waals surface area contributed by atoms with Gasteiger partial charge in [0.2, 0.25) is 0 Å². The van der Waals surface area contributed by atoms with Crippen molar-refractivity contribution in [3.05, 3.63) is 0 Å². The van der Waals surface area contributed by atoms with Crippen molar-refractivity contribution in [2.24, 2.45) is 11.7 Å². The van der Waals surface area contributed by atoms with Crippen LogP contribution in [0.15, 0.2) is 0 Å². The van der Waals surface area contributed by atoms with E-state index >= 15 is 0 Å². The number of hydrogen-bond acceptors (Lipinski definition) is 2. The zero-order valence-corrected chi connectivity index (χ0v) is 8.73. The van der Waals surface area contributed by atoms with Gasteiger partial charge in [-0.05, 0) is 12.6 Å². The molecule has 0 radical (unpaired) electrons. The lowest BCUT2D eigenvalue weighted by Crippen LogP contribution is -2.08. The van der Waals surface area contributed by atoms with E-state index in [4.69, 9.17) is 5.73 Å². The minimum absolute atomic E-state index is 0.362. The highest BCUT2D eigenvalue weighted by Crippen LogP contribution is 2.41. The molecule has 2 nitrogen and oxygen atoms in total. The average Bonchev–Trinajstić information content (AvgIpc) is 1.87. The molecule has 0 aliphatic rings. The molecule has 0 rings (SSSR count). The minimum Gasteiger partial charge on any atom is -0.324 e. The van der Waals surface area contributed by atoms with Crippen molar-refractivity contribution in [1.29, 1.82) is 0 Å². The highest BCUT2D eigenvalue weighted by Gasteiger charge is 2.15. The molecule has 0 aliphatic heterocycles. The molecule has 0 fully saturated rings. The Morgan fingerprint density at radius 1 is 1.55 bits per heavy atom. The van der Waals surface area contributed by atoms with Crippen molar-refractivity contribution in [2.45, 2.75) is 26.7 Å². The van der Waals surface area contributed by atoms with Crippen molar-refractivity contribution >= 4 is 7.14 Å². The molecular formula is C8H20NOP. The second-order valence-electron chi connectivity index (χ2n) is 3.56. The molecule has 0 spiro atoms. The molecule has 0 heterocycles. The van der Waals surface area contributed by atoms with Crippen LogP contribution in [0.2, 0.25) is 0 Å². The summed E-state index contributed by atoms with van der Waals surface area (Å²) in [4.78, 5) is 0. The van der Waals surface area contributed by atoms with Gasteiger partial charge in [-0.1, -0.05) is 26.7 Å². The molecule has 0 aromatic heterocycles. The van der Waals surface area contributed by atoms with E-state index in [2.05, 4.69) is 13.8 Å². The van der Waals surface area contributed by atoms with Gasteiger partial charge in [-0.25, -0.2) is 0 Å². The van der Waals surface area contributed by atoms with E-state index in [9.17, 15) is 4.57 Å². The first kappa shape index (κ1) is 11.2. The van der Waals surface area contributed by atoms with Gasteiger partial charge in [0, 0.05) is 12.4 Å². The predicted molar refractivity (Wildman–Crippen MR) is 51.5 cm³/mol. The summed E-state index contributed by atoms with van der Waals surface area (Å²) in [5.74, 6) is 0.569. The van der Waals surface area contributed by atoms with E-state index in [0.29, 0.717) is 12.2 Å². The molecule has 0 amide bonds. The van der Waals surface area contributed by atoms with Crippen LogP contribution in [0, 0.1) is 5.92 Å². The zero-order chi connectivity index (χ0) is 8.91. The summed E-state index contributed by atoms with van der Waals surface area (Å²) >= 11 is 0. The van der Waals surface area contributed by atoms with Crippen molar-refractivity contribution in [3.8, 4) is 0 Å². The molecular weight excluding hydrogens is 157 g/mol. The fourth-order valence-electron chi connectivity index (χ4n) is 1.32. The highest BCUT2D eigenvalue weighted by molar-refractivity contribution is 7.63. The fourth-order valence-corrected chi connectivity index (χ4v) is 2.97. The van der Waals surface area contributed by atoms with Crippen LogP contribution < -0.4 is 5.73 Å². The first-order chi connectivity index (χ1) is 5.02. The van der Waals surface area contributed by atoms with Crippen molar-refractivity contribution in [1.82, 2.24) is 0 Å². The summed E-state index contributed by atoms with van der Waals surface area (Å²) in [6.07, 6.45) is 3.52. The maximum Gasteiger partial charge on any atom is 0.0979 e. The van der Waals surface area contributed by atoms with Crippen LogP contribution in [-0.4, -0.2) is 19.1 Å². The molecule has 2 unspecified atom stereocenters. The van der Waals surface area contributed by atoms with Gasteiger partial charge in [-0.15, -0.1) is 0 Å².